The molecule has 0 spiro atoms. The zero-order valence-electron chi connectivity index (χ0n) is 9.06. The van der Waals surface area contributed by atoms with Crippen molar-refractivity contribution in [1.29, 1.82) is 0 Å². The van der Waals surface area contributed by atoms with Gasteiger partial charge in [-0.15, -0.1) is 0 Å². The highest BCUT2D eigenvalue weighted by atomic mass is 16.5. The van der Waals surface area contributed by atoms with Crippen molar-refractivity contribution in [3.63, 3.8) is 0 Å². The number of hydrogen-bond donors (Lipinski definition) is 1. The Morgan fingerprint density at radius 1 is 1.25 bits per heavy atom. The van der Waals surface area contributed by atoms with Crippen LogP contribution in [0.2, 0.25) is 0 Å². The van der Waals surface area contributed by atoms with Crippen LogP contribution in [0.1, 0.15) is 17.3 Å². The number of carbonyl (C=O) groups excluding carboxylic acids is 2. The van der Waals surface area contributed by atoms with Gasteiger partial charge >= 0.3 is 5.97 Å². The van der Waals surface area contributed by atoms with E-state index in [0.29, 0.717) is 5.56 Å². The lowest BCUT2D eigenvalue weighted by Crippen LogP contribution is -2.22. The highest BCUT2D eigenvalue weighted by molar-refractivity contribution is 6.35. The number of esters is 1. The van der Waals surface area contributed by atoms with E-state index in [1.54, 1.807) is 30.3 Å². The predicted molar refractivity (Wildman–Crippen MR) is 59.0 cm³/mol. The summed E-state index contributed by atoms with van der Waals surface area (Å²) in [7, 11) is 1.25. The summed E-state index contributed by atoms with van der Waals surface area (Å²) >= 11 is 0. The largest absolute Gasteiger partial charge is 0.464 e. The Morgan fingerprint density at radius 2 is 1.88 bits per heavy atom. The normalized spacial score (nSPS) is 10.8. The van der Waals surface area contributed by atoms with Crippen molar-refractivity contribution >= 4 is 17.6 Å². The van der Waals surface area contributed by atoms with E-state index in [2.05, 4.69) is 15.3 Å². The van der Waals surface area contributed by atoms with Crippen LogP contribution in [0.4, 0.5) is 0 Å². The van der Waals surface area contributed by atoms with Gasteiger partial charge in [0.15, 0.2) is 0 Å². The second kappa shape index (κ2) is 5.65. The van der Waals surface area contributed by atoms with E-state index >= 15 is 0 Å². The fourth-order valence-corrected chi connectivity index (χ4v) is 0.982. The van der Waals surface area contributed by atoms with Crippen LogP contribution in [0, 0.1) is 0 Å². The average molecular weight is 220 g/mol. The molecule has 16 heavy (non-hydrogen) atoms. The van der Waals surface area contributed by atoms with Crippen molar-refractivity contribution < 1.29 is 14.3 Å². The topological polar surface area (TPSA) is 67.8 Å². The number of carbonyl (C=O) groups is 2. The zero-order chi connectivity index (χ0) is 12.0. The average Bonchev–Trinajstić information content (AvgIpc) is 2.35. The Morgan fingerprint density at radius 3 is 2.44 bits per heavy atom. The van der Waals surface area contributed by atoms with Crippen LogP contribution in [0.5, 0.6) is 0 Å². The molecular formula is C11H12N2O3. The van der Waals surface area contributed by atoms with Crippen molar-refractivity contribution in [2.75, 3.05) is 7.11 Å². The molecule has 0 saturated carbocycles. The number of rotatable bonds is 3. The van der Waals surface area contributed by atoms with Crippen LogP contribution in [0.15, 0.2) is 35.4 Å². The smallest absolute Gasteiger partial charge is 0.353 e. The Labute approximate surface area is 93.1 Å². The van der Waals surface area contributed by atoms with Crippen molar-refractivity contribution in [1.82, 2.24) is 5.43 Å². The number of methoxy groups -OCH3 is 1. The summed E-state index contributed by atoms with van der Waals surface area (Å²) < 4.78 is 4.43. The second-order valence-corrected chi connectivity index (χ2v) is 3.00. The van der Waals surface area contributed by atoms with E-state index in [9.17, 15) is 9.59 Å². The molecule has 5 heteroatoms. The molecule has 84 valence electrons. The minimum absolute atomic E-state index is 0.0896. The van der Waals surface area contributed by atoms with Crippen molar-refractivity contribution in [3.05, 3.63) is 35.9 Å². The summed E-state index contributed by atoms with van der Waals surface area (Å²) in [5.74, 6) is -0.947. The molecule has 5 nitrogen and oxygen atoms in total. The van der Waals surface area contributed by atoms with E-state index in [1.807, 2.05) is 0 Å². The molecule has 0 aliphatic heterocycles. The zero-order valence-corrected chi connectivity index (χ0v) is 9.06. The van der Waals surface area contributed by atoms with Gasteiger partial charge in [-0.05, 0) is 19.1 Å². The Kier molecular flexibility index (Phi) is 4.20. The number of nitrogens with zero attached hydrogens (tertiary/aromatic N) is 1. The quantitative estimate of drug-likeness (QED) is 0.468. The summed E-state index contributed by atoms with van der Waals surface area (Å²) in [6, 6.07) is 8.59. The van der Waals surface area contributed by atoms with E-state index in [4.69, 9.17) is 0 Å². The molecule has 0 fully saturated rings. The maximum absolute atomic E-state index is 11.5. The molecule has 0 atom stereocenters. The first-order valence-electron chi connectivity index (χ1n) is 4.63. The van der Waals surface area contributed by atoms with Gasteiger partial charge in [-0.3, -0.25) is 4.79 Å². The van der Waals surface area contributed by atoms with Gasteiger partial charge in [0.25, 0.3) is 5.91 Å². The van der Waals surface area contributed by atoms with Gasteiger partial charge in [0.05, 0.1) is 7.11 Å². The summed E-state index contributed by atoms with van der Waals surface area (Å²) in [5, 5.41) is 3.61. The van der Waals surface area contributed by atoms with E-state index < -0.39 is 5.97 Å². The first kappa shape index (κ1) is 11.9. The van der Waals surface area contributed by atoms with Crippen LogP contribution in [-0.2, 0) is 9.53 Å². The SMILES string of the molecule is COC(=O)C(C)=NNC(=O)c1ccccc1. The van der Waals surface area contributed by atoms with Gasteiger partial charge in [0.2, 0.25) is 0 Å². The molecule has 1 amide bonds. The van der Waals surface area contributed by atoms with E-state index in [-0.39, 0.29) is 11.6 Å². The molecule has 1 aromatic rings. The highest BCUT2D eigenvalue weighted by Crippen LogP contribution is 1.97. The molecule has 0 heterocycles. The number of hydrogen-bond acceptors (Lipinski definition) is 4. The van der Waals surface area contributed by atoms with Gasteiger partial charge in [0.1, 0.15) is 5.71 Å². The molecule has 1 N–H and O–H groups in total. The minimum atomic E-state index is -0.576. The lowest BCUT2D eigenvalue weighted by molar-refractivity contribution is -0.132. The molecule has 0 aliphatic carbocycles. The molecule has 0 aromatic heterocycles. The number of amides is 1. The summed E-state index contributed by atoms with van der Waals surface area (Å²) in [6.07, 6.45) is 0. The Hall–Kier alpha value is -2.17. The van der Waals surface area contributed by atoms with Crippen LogP contribution in [-0.4, -0.2) is 24.7 Å². The lowest BCUT2D eigenvalue weighted by Gasteiger charge is -2.00. The first-order chi connectivity index (χ1) is 7.65. The highest BCUT2D eigenvalue weighted by Gasteiger charge is 2.07. The molecule has 0 unspecified atom stereocenters. The summed E-state index contributed by atoms with van der Waals surface area (Å²) in [4.78, 5) is 22.4. The van der Waals surface area contributed by atoms with Gasteiger partial charge < -0.3 is 4.74 Å². The van der Waals surface area contributed by atoms with Gasteiger partial charge in [-0.2, -0.15) is 5.10 Å². The first-order valence-corrected chi connectivity index (χ1v) is 4.63. The van der Waals surface area contributed by atoms with Gasteiger partial charge in [0, 0.05) is 5.56 Å². The fraction of sp³-hybridized carbons (Fsp3) is 0.182. The van der Waals surface area contributed by atoms with Crippen LogP contribution in [0.3, 0.4) is 0 Å². The maximum atomic E-state index is 11.5. The molecule has 0 radical (unpaired) electrons. The van der Waals surface area contributed by atoms with E-state index in [1.165, 1.54) is 14.0 Å². The fourth-order valence-electron chi connectivity index (χ4n) is 0.982. The number of hydrazone groups is 1. The molecule has 0 aliphatic rings. The minimum Gasteiger partial charge on any atom is -0.464 e. The number of nitrogens with one attached hydrogen (secondary N) is 1. The Bertz CT molecular complexity index is 412. The monoisotopic (exact) mass is 220 g/mol. The van der Waals surface area contributed by atoms with Crippen LogP contribution >= 0.6 is 0 Å². The van der Waals surface area contributed by atoms with E-state index in [0.717, 1.165) is 0 Å². The van der Waals surface area contributed by atoms with Crippen molar-refractivity contribution in [2.24, 2.45) is 5.10 Å². The predicted octanol–water partition coefficient (Wildman–Crippen LogP) is 0.965. The summed E-state index contributed by atoms with van der Waals surface area (Å²) in [6.45, 7) is 1.46. The molecule has 0 saturated heterocycles. The van der Waals surface area contributed by atoms with Crippen LogP contribution < -0.4 is 5.43 Å². The molecular weight excluding hydrogens is 208 g/mol. The van der Waals surface area contributed by atoms with Crippen molar-refractivity contribution in [2.45, 2.75) is 6.92 Å². The third kappa shape index (κ3) is 3.20. The standard InChI is InChI=1S/C11H12N2O3/c1-8(11(15)16-2)12-13-10(14)9-6-4-3-5-7-9/h3-7H,1-2H3,(H,13,14). The third-order valence-electron chi connectivity index (χ3n) is 1.84. The Balaban J connectivity index is 2.63. The van der Waals surface area contributed by atoms with Gasteiger partial charge in [-0.1, -0.05) is 18.2 Å². The van der Waals surface area contributed by atoms with Gasteiger partial charge in [-0.25, -0.2) is 10.2 Å². The second-order valence-electron chi connectivity index (χ2n) is 3.00. The van der Waals surface area contributed by atoms with Crippen LogP contribution in [0.25, 0.3) is 0 Å². The molecule has 0 bridgehead atoms. The summed E-state index contributed by atoms with van der Waals surface area (Å²) in [5.41, 5.74) is 2.83. The molecule has 1 rings (SSSR count). The molecule has 1 aromatic carbocycles. The lowest BCUT2D eigenvalue weighted by atomic mass is 10.2. The maximum Gasteiger partial charge on any atom is 0.353 e. The number of benzene rings is 1. The third-order valence-corrected chi connectivity index (χ3v) is 1.84. The van der Waals surface area contributed by atoms with Crippen molar-refractivity contribution in [3.8, 4) is 0 Å². The number of ether oxygens (including phenoxy) is 1.